The molecule has 1 saturated heterocycles. The summed E-state index contributed by atoms with van der Waals surface area (Å²) in [5.41, 5.74) is 1.16. The van der Waals surface area contributed by atoms with Gasteiger partial charge in [0.1, 0.15) is 5.75 Å². The maximum atomic E-state index is 11.7. The number of hydrogen-bond acceptors (Lipinski definition) is 4. The fourth-order valence-corrected chi connectivity index (χ4v) is 2.46. The summed E-state index contributed by atoms with van der Waals surface area (Å²) in [6.07, 6.45) is 0.999. The molecule has 1 heterocycles. The minimum atomic E-state index is -0.138. The third-order valence-corrected chi connectivity index (χ3v) is 3.50. The van der Waals surface area contributed by atoms with Crippen molar-refractivity contribution in [3.05, 3.63) is 29.8 Å². The number of nitrogens with one attached hydrogen (secondary N) is 1. The van der Waals surface area contributed by atoms with Crippen LogP contribution in [0.5, 0.6) is 5.75 Å². The Morgan fingerprint density at radius 3 is 2.68 bits per heavy atom. The Labute approximate surface area is 114 Å². The second-order valence-electron chi connectivity index (χ2n) is 4.81. The molecule has 1 N–H and O–H groups in total. The molecule has 1 aromatic rings. The third kappa shape index (κ3) is 3.26. The molecular formula is C15H21NO3. The molecule has 0 radical (unpaired) electrons. The van der Waals surface area contributed by atoms with Gasteiger partial charge in [-0.15, -0.1) is 0 Å². The van der Waals surface area contributed by atoms with Crippen molar-refractivity contribution < 1.29 is 14.3 Å². The summed E-state index contributed by atoms with van der Waals surface area (Å²) in [6.45, 7) is 4.31. The van der Waals surface area contributed by atoms with Crippen molar-refractivity contribution in [3.63, 3.8) is 0 Å². The van der Waals surface area contributed by atoms with Gasteiger partial charge in [0.05, 0.1) is 19.6 Å². The average molecular weight is 263 g/mol. The first-order chi connectivity index (χ1) is 9.26. The van der Waals surface area contributed by atoms with Crippen LogP contribution >= 0.6 is 0 Å². The highest BCUT2D eigenvalue weighted by molar-refractivity contribution is 5.74. The van der Waals surface area contributed by atoms with E-state index in [4.69, 9.17) is 9.47 Å². The molecule has 4 heteroatoms. The van der Waals surface area contributed by atoms with Gasteiger partial charge in [-0.1, -0.05) is 19.1 Å². The summed E-state index contributed by atoms with van der Waals surface area (Å²) in [6, 6.07) is 8.02. The monoisotopic (exact) mass is 263 g/mol. The minimum Gasteiger partial charge on any atom is -0.494 e. The van der Waals surface area contributed by atoms with Gasteiger partial charge in [-0.3, -0.25) is 4.79 Å². The van der Waals surface area contributed by atoms with Gasteiger partial charge in [-0.2, -0.15) is 0 Å². The van der Waals surface area contributed by atoms with E-state index in [2.05, 4.69) is 12.2 Å². The van der Waals surface area contributed by atoms with Crippen molar-refractivity contribution >= 4 is 5.97 Å². The van der Waals surface area contributed by atoms with E-state index in [0.717, 1.165) is 30.9 Å². The summed E-state index contributed by atoms with van der Waals surface area (Å²) in [5, 5.41) is 3.25. The highest BCUT2D eigenvalue weighted by Crippen LogP contribution is 2.30. The van der Waals surface area contributed by atoms with E-state index < -0.39 is 0 Å². The van der Waals surface area contributed by atoms with E-state index in [1.165, 1.54) is 7.11 Å². The second kappa shape index (κ2) is 6.57. The number of hydrogen-bond donors (Lipinski definition) is 1. The van der Waals surface area contributed by atoms with E-state index in [0.29, 0.717) is 6.54 Å². The van der Waals surface area contributed by atoms with Gasteiger partial charge in [0.2, 0.25) is 0 Å². The summed E-state index contributed by atoms with van der Waals surface area (Å²) in [5.74, 6) is 0.840. The van der Waals surface area contributed by atoms with Gasteiger partial charge < -0.3 is 14.8 Å². The zero-order valence-corrected chi connectivity index (χ0v) is 11.5. The fraction of sp³-hybridized carbons (Fsp3) is 0.533. The predicted octanol–water partition coefficient (Wildman–Crippen LogP) is 1.95. The third-order valence-electron chi connectivity index (χ3n) is 3.50. The first kappa shape index (κ1) is 13.9. The molecule has 19 heavy (non-hydrogen) atoms. The number of benzene rings is 1. The molecule has 104 valence electrons. The van der Waals surface area contributed by atoms with Crippen molar-refractivity contribution in [3.8, 4) is 5.75 Å². The van der Waals surface area contributed by atoms with Crippen LogP contribution in [0.4, 0.5) is 0 Å². The van der Waals surface area contributed by atoms with E-state index in [1.807, 2.05) is 24.3 Å². The molecule has 0 aliphatic carbocycles. The fourth-order valence-electron chi connectivity index (χ4n) is 2.46. The van der Waals surface area contributed by atoms with Crippen LogP contribution in [0.2, 0.25) is 0 Å². The molecule has 0 saturated carbocycles. The molecule has 0 amide bonds. The largest absolute Gasteiger partial charge is 0.494 e. The zero-order chi connectivity index (χ0) is 13.7. The second-order valence-corrected chi connectivity index (χ2v) is 4.81. The molecular weight excluding hydrogens is 242 g/mol. The van der Waals surface area contributed by atoms with Crippen molar-refractivity contribution in [1.82, 2.24) is 5.32 Å². The van der Waals surface area contributed by atoms with E-state index in [1.54, 1.807) is 0 Å². The first-order valence-electron chi connectivity index (χ1n) is 6.77. The Hall–Kier alpha value is -1.55. The van der Waals surface area contributed by atoms with Crippen molar-refractivity contribution in [2.24, 2.45) is 5.92 Å². The van der Waals surface area contributed by atoms with Gasteiger partial charge >= 0.3 is 5.97 Å². The molecule has 1 fully saturated rings. The Bertz CT molecular complexity index is 416. The molecule has 2 unspecified atom stereocenters. The molecule has 1 aliphatic rings. The molecule has 2 rings (SSSR count). The Kier molecular flexibility index (Phi) is 4.80. The lowest BCUT2D eigenvalue weighted by Gasteiger charge is -2.17. The molecule has 0 aromatic heterocycles. The number of carbonyl (C=O) groups excluding carboxylic acids is 1. The summed E-state index contributed by atoms with van der Waals surface area (Å²) < 4.78 is 10.4. The van der Waals surface area contributed by atoms with Crippen LogP contribution in [0.1, 0.15) is 24.8 Å². The lowest BCUT2D eigenvalue weighted by atomic mass is 9.89. The number of rotatable bonds is 5. The standard InChI is InChI=1S/C15H21NO3/c1-3-8-19-12-6-4-11(5-7-12)13-9-16-10-14(13)15(17)18-2/h4-7,13-14,16H,3,8-10H2,1-2H3. The molecule has 4 nitrogen and oxygen atoms in total. The molecule has 2 atom stereocenters. The number of ether oxygens (including phenoxy) is 2. The lowest BCUT2D eigenvalue weighted by molar-refractivity contribution is -0.145. The molecule has 0 bridgehead atoms. The minimum absolute atomic E-state index is 0.0904. The van der Waals surface area contributed by atoms with Crippen LogP contribution in [0.25, 0.3) is 0 Å². The highest BCUT2D eigenvalue weighted by atomic mass is 16.5. The normalized spacial score (nSPS) is 22.2. The topological polar surface area (TPSA) is 47.6 Å². The van der Waals surface area contributed by atoms with Gasteiger partial charge in [-0.25, -0.2) is 0 Å². The van der Waals surface area contributed by atoms with E-state index in [9.17, 15) is 4.79 Å². The summed E-state index contributed by atoms with van der Waals surface area (Å²) in [7, 11) is 1.44. The molecule has 1 aromatic carbocycles. The predicted molar refractivity (Wildman–Crippen MR) is 73.3 cm³/mol. The Morgan fingerprint density at radius 1 is 1.32 bits per heavy atom. The summed E-state index contributed by atoms with van der Waals surface area (Å²) in [4.78, 5) is 11.7. The molecule has 1 aliphatic heterocycles. The highest BCUT2D eigenvalue weighted by Gasteiger charge is 2.34. The quantitative estimate of drug-likeness (QED) is 0.825. The lowest BCUT2D eigenvalue weighted by Crippen LogP contribution is -2.22. The SMILES string of the molecule is CCCOc1ccc(C2CNCC2C(=O)OC)cc1. The maximum Gasteiger partial charge on any atom is 0.310 e. The van der Waals surface area contributed by atoms with Gasteiger partial charge in [-0.05, 0) is 24.1 Å². The number of methoxy groups -OCH3 is 1. The smallest absolute Gasteiger partial charge is 0.310 e. The van der Waals surface area contributed by atoms with Crippen LogP contribution in [0, 0.1) is 5.92 Å². The van der Waals surface area contributed by atoms with Gasteiger partial charge in [0.15, 0.2) is 0 Å². The number of carbonyl (C=O) groups is 1. The van der Waals surface area contributed by atoms with Gasteiger partial charge in [0, 0.05) is 19.0 Å². The Balaban J connectivity index is 2.06. The van der Waals surface area contributed by atoms with Gasteiger partial charge in [0.25, 0.3) is 0 Å². The molecule has 0 spiro atoms. The first-order valence-corrected chi connectivity index (χ1v) is 6.77. The van der Waals surface area contributed by atoms with Crippen LogP contribution in [0.15, 0.2) is 24.3 Å². The van der Waals surface area contributed by atoms with Crippen molar-refractivity contribution in [2.45, 2.75) is 19.3 Å². The summed E-state index contributed by atoms with van der Waals surface area (Å²) >= 11 is 0. The van der Waals surface area contributed by atoms with Crippen LogP contribution in [-0.2, 0) is 9.53 Å². The van der Waals surface area contributed by atoms with Crippen LogP contribution < -0.4 is 10.1 Å². The Morgan fingerprint density at radius 2 is 2.05 bits per heavy atom. The zero-order valence-electron chi connectivity index (χ0n) is 11.5. The van der Waals surface area contributed by atoms with Crippen molar-refractivity contribution in [2.75, 3.05) is 26.8 Å². The number of esters is 1. The maximum absolute atomic E-state index is 11.7. The van der Waals surface area contributed by atoms with Crippen LogP contribution in [-0.4, -0.2) is 32.8 Å². The van der Waals surface area contributed by atoms with E-state index in [-0.39, 0.29) is 17.8 Å². The van der Waals surface area contributed by atoms with E-state index >= 15 is 0 Å². The van der Waals surface area contributed by atoms with Crippen LogP contribution in [0.3, 0.4) is 0 Å². The van der Waals surface area contributed by atoms with Crippen molar-refractivity contribution in [1.29, 1.82) is 0 Å². The average Bonchev–Trinajstić information content (AvgIpc) is 2.94.